The van der Waals surface area contributed by atoms with Crippen molar-refractivity contribution < 1.29 is 14.6 Å². The molecule has 3 aliphatic heterocycles. The number of aliphatic hydroxyl groups is 1. The predicted octanol–water partition coefficient (Wildman–Crippen LogP) is 1.60. The van der Waals surface area contributed by atoms with Crippen molar-refractivity contribution in [1.29, 1.82) is 0 Å². The van der Waals surface area contributed by atoms with Gasteiger partial charge in [0.2, 0.25) is 5.91 Å². The van der Waals surface area contributed by atoms with E-state index in [-0.39, 0.29) is 30.5 Å². The fourth-order valence-electron chi connectivity index (χ4n) is 5.16. The number of likely N-dealkylation sites (tertiary alicyclic amines) is 1. The average Bonchev–Trinajstić information content (AvgIpc) is 3.20. The highest BCUT2D eigenvalue weighted by Crippen LogP contribution is 2.49. The van der Waals surface area contributed by atoms with E-state index in [1.807, 2.05) is 48.2 Å². The fraction of sp³-hybridized carbons (Fsp3) is 0.500. The second-order valence-corrected chi connectivity index (χ2v) is 9.50. The van der Waals surface area contributed by atoms with Gasteiger partial charge in [-0.15, -0.1) is 11.8 Å². The lowest BCUT2D eigenvalue weighted by Crippen LogP contribution is -2.56. The van der Waals surface area contributed by atoms with E-state index >= 15 is 0 Å². The third kappa shape index (κ3) is 3.46. The van der Waals surface area contributed by atoms with Crippen molar-refractivity contribution in [2.24, 2.45) is 11.8 Å². The molecule has 1 amide bonds. The number of morpholine rings is 1. The molecular formula is C22H26N4O3S. The van der Waals surface area contributed by atoms with Gasteiger partial charge < -0.3 is 19.6 Å². The summed E-state index contributed by atoms with van der Waals surface area (Å²) in [6.45, 7) is 4.61. The van der Waals surface area contributed by atoms with Crippen LogP contribution in [0.5, 0.6) is 0 Å². The van der Waals surface area contributed by atoms with Crippen LogP contribution in [-0.4, -0.2) is 76.1 Å². The first-order valence-electron chi connectivity index (χ1n) is 10.4. The monoisotopic (exact) mass is 426 g/mol. The number of aryl methyl sites for hydroxylation is 1. The molecule has 4 heterocycles. The molecule has 3 fully saturated rings. The Hall–Kier alpha value is -2.16. The molecule has 1 N–H and O–H groups in total. The van der Waals surface area contributed by atoms with Crippen LogP contribution >= 0.6 is 11.8 Å². The molecule has 5 rings (SSSR count). The second-order valence-electron chi connectivity index (χ2n) is 8.45. The molecule has 30 heavy (non-hydrogen) atoms. The highest BCUT2D eigenvalue weighted by molar-refractivity contribution is 8.00. The van der Waals surface area contributed by atoms with Crippen LogP contribution in [0.15, 0.2) is 47.6 Å². The molecule has 0 saturated carbocycles. The molecule has 0 unspecified atom stereocenters. The minimum Gasteiger partial charge on any atom is -0.396 e. The van der Waals surface area contributed by atoms with Crippen molar-refractivity contribution in [3.63, 3.8) is 0 Å². The Bertz CT molecular complexity index is 930. The van der Waals surface area contributed by atoms with Crippen LogP contribution in [0.4, 0.5) is 5.82 Å². The number of aromatic nitrogens is 2. The van der Waals surface area contributed by atoms with Crippen LogP contribution in [0.2, 0.25) is 0 Å². The zero-order chi connectivity index (χ0) is 20.7. The summed E-state index contributed by atoms with van der Waals surface area (Å²) in [5, 5.41) is 10.1. The number of hydrogen-bond donors (Lipinski definition) is 1. The first kappa shape index (κ1) is 19.8. The summed E-state index contributed by atoms with van der Waals surface area (Å²) in [5.41, 5.74) is 0.479. The predicted molar refractivity (Wildman–Crippen MR) is 114 cm³/mol. The third-order valence-electron chi connectivity index (χ3n) is 6.57. The van der Waals surface area contributed by atoms with Crippen molar-refractivity contribution >= 4 is 23.5 Å². The zero-order valence-electron chi connectivity index (χ0n) is 17.0. The van der Waals surface area contributed by atoms with Gasteiger partial charge in [-0.25, -0.2) is 9.97 Å². The van der Waals surface area contributed by atoms with Gasteiger partial charge in [0.25, 0.3) is 0 Å². The molecule has 1 aromatic heterocycles. The number of anilines is 1. The Morgan fingerprint density at radius 3 is 2.87 bits per heavy atom. The lowest BCUT2D eigenvalue weighted by atomic mass is 9.83. The number of ether oxygens (including phenoxy) is 1. The van der Waals surface area contributed by atoms with Crippen LogP contribution in [0.25, 0.3) is 0 Å². The molecule has 3 aliphatic rings. The summed E-state index contributed by atoms with van der Waals surface area (Å²) in [6.07, 6.45) is 1.48. The molecule has 4 atom stereocenters. The Labute approximate surface area is 180 Å². The van der Waals surface area contributed by atoms with E-state index in [0.717, 1.165) is 23.0 Å². The van der Waals surface area contributed by atoms with Gasteiger partial charge in [0.15, 0.2) is 0 Å². The summed E-state index contributed by atoms with van der Waals surface area (Å²) in [4.78, 5) is 26.9. The van der Waals surface area contributed by atoms with Crippen LogP contribution in [0, 0.1) is 18.8 Å². The molecule has 3 saturated heterocycles. The van der Waals surface area contributed by atoms with Crippen LogP contribution in [0.3, 0.4) is 0 Å². The van der Waals surface area contributed by atoms with Crippen LogP contribution in [-0.2, 0) is 9.53 Å². The lowest BCUT2D eigenvalue weighted by Gasteiger charge is -2.40. The van der Waals surface area contributed by atoms with Crippen LogP contribution in [0.1, 0.15) is 5.69 Å². The first-order valence-corrected chi connectivity index (χ1v) is 11.3. The Balaban J connectivity index is 1.33. The summed E-state index contributed by atoms with van der Waals surface area (Å²) in [7, 11) is 0. The van der Waals surface area contributed by atoms with Gasteiger partial charge in [-0.2, -0.15) is 0 Å². The first-order chi connectivity index (χ1) is 14.6. The maximum absolute atomic E-state index is 13.0. The van der Waals surface area contributed by atoms with E-state index in [9.17, 15) is 9.90 Å². The molecule has 8 heteroatoms. The second kappa shape index (κ2) is 7.83. The highest BCUT2D eigenvalue weighted by Gasteiger charge is 2.63. The van der Waals surface area contributed by atoms with Crippen molar-refractivity contribution in [2.75, 3.05) is 43.4 Å². The van der Waals surface area contributed by atoms with Crippen LogP contribution < -0.4 is 4.90 Å². The molecule has 7 nitrogen and oxygen atoms in total. The minimum atomic E-state index is -0.442. The number of thioether (sulfide) groups is 1. The van der Waals surface area contributed by atoms with Gasteiger partial charge in [-0.1, -0.05) is 18.2 Å². The number of nitrogens with zero attached hydrogens (tertiary/aromatic N) is 4. The largest absolute Gasteiger partial charge is 0.396 e. The SMILES string of the molecule is Cc1cc(N2C[C@@H]3[C@H](CO)[C@H]4CN(C(=O)CSc5ccccc5)C[C@]3(C2)O4)ncn1. The van der Waals surface area contributed by atoms with Gasteiger partial charge in [0.05, 0.1) is 24.9 Å². The summed E-state index contributed by atoms with van der Waals surface area (Å²) < 4.78 is 6.49. The van der Waals surface area contributed by atoms with E-state index in [2.05, 4.69) is 14.9 Å². The zero-order valence-corrected chi connectivity index (χ0v) is 17.8. The highest BCUT2D eigenvalue weighted by atomic mass is 32.2. The normalized spacial score (nSPS) is 29.9. The third-order valence-corrected chi connectivity index (χ3v) is 7.57. The molecule has 0 aliphatic carbocycles. The summed E-state index contributed by atoms with van der Waals surface area (Å²) >= 11 is 1.56. The number of amides is 1. The molecule has 158 valence electrons. The number of carbonyl (C=O) groups excluding carboxylic acids is 1. The van der Waals surface area contributed by atoms with Gasteiger partial charge in [0, 0.05) is 48.2 Å². The minimum absolute atomic E-state index is 0.0394. The van der Waals surface area contributed by atoms with E-state index < -0.39 is 5.60 Å². The standard InChI is InChI=1S/C22H26N4O3S/c1-15-7-20(24-14-23-15)25-8-18-17(10-27)19-9-26(13-22(18,12-25)29-19)21(28)11-30-16-5-3-2-4-6-16/h2-7,14,17-19,27H,8-13H2,1H3/t17-,18+,19+,22-/m0/s1. The topological polar surface area (TPSA) is 78.8 Å². The van der Waals surface area contributed by atoms with E-state index in [1.54, 1.807) is 18.1 Å². The van der Waals surface area contributed by atoms with E-state index in [1.165, 1.54) is 0 Å². The molecule has 2 aromatic rings. The Morgan fingerprint density at radius 1 is 1.27 bits per heavy atom. The number of hydrogen-bond acceptors (Lipinski definition) is 7. The van der Waals surface area contributed by atoms with Gasteiger partial charge in [-0.05, 0) is 19.1 Å². The number of benzene rings is 1. The molecular weight excluding hydrogens is 400 g/mol. The summed E-state index contributed by atoms with van der Waals surface area (Å²) in [5.74, 6) is 1.65. The number of rotatable bonds is 5. The number of aliphatic hydroxyl groups excluding tert-OH is 1. The number of carbonyl (C=O) groups is 1. The average molecular weight is 427 g/mol. The maximum atomic E-state index is 13.0. The molecule has 1 spiro atoms. The molecule has 1 aromatic carbocycles. The van der Waals surface area contributed by atoms with Gasteiger partial charge in [-0.3, -0.25) is 4.79 Å². The smallest absolute Gasteiger partial charge is 0.233 e. The Morgan fingerprint density at radius 2 is 2.10 bits per heavy atom. The Kier molecular flexibility index (Phi) is 5.16. The quantitative estimate of drug-likeness (QED) is 0.728. The van der Waals surface area contributed by atoms with Gasteiger partial charge >= 0.3 is 0 Å². The molecule has 0 radical (unpaired) electrons. The lowest BCUT2D eigenvalue weighted by molar-refractivity contribution is -0.149. The van der Waals surface area contributed by atoms with Crippen molar-refractivity contribution in [3.8, 4) is 0 Å². The van der Waals surface area contributed by atoms with Gasteiger partial charge in [0.1, 0.15) is 17.7 Å². The maximum Gasteiger partial charge on any atom is 0.233 e. The summed E-state index contributed by atoms with van der Waals surface area (Å²) in [6, 6.07) is 12.0. The van der Waals surface area contributed by atoms with Crippen molar-refractivity contribution in [1.82, 2.24) is 14.9 Å². The van der Waals surface area contributed by atoms with Crippen molar-refractivity contribution in [3.05, 3.63) is 48.4 Å². The van der Waals surface area contributed by atoms with E-state index in [0.29, 0.717) is 25.4 Å². The van der Waals surface area contributed by atoms with E-state index in [4.69, 9.17) is 4.74 Å². The fourth-order valence-corrected chi connectivity index (χ4v) is 5.99. The number of fused-ring (bicyclic) bond motifs is 1. The van der Waals surface area contributed by atoms with Crippen molar-refractivity contribution in [2.45, 2.75) is 23.5 Å². The molecule has 2 bridgehead atoms.